The van der Waals surface area contributed by atoms with Gasteiger partial charge in [0.05, 0.1) is 11.9 Å². The summed E-state index contributed by atoms with van der Waals surface area (Å²) in [5, 5.41) is 2.04. The van der Waals surface area contributed by atoms with Crippen molar-refractivity contribution in [2.75, 3.05) is 0 Å². The van der Waals surface area contributed by atoms with Crippen molar-refractivity contribution >= 4 is 11.3 Å². The van der Waals surface area contributed by atoms with Crippen LogP contribution in [-0.2, 0) is 6.61 Å². The Kier molecular flexibility index (Phi) is 4.12. The van der Waals surface area contributed by atoms with Gasteiger partial charge in [0, 0.05) is 10.9 Å². The second-order valence-electron chi connectivity index (χ2n) is 3.80. The lowest BCUT2D eigenvalue weighted by molar-refractivity contribution is 0.308. The van der Waals surface area contributed by atoms with Crippen LogP contribution in [0, 0.1) is 0 Å². The second-order valence-corrected chi connectivity index (χ2v) is 4.83. The zero-order valence-corrected chi connectivity index (χ0v) is 10.6. The van der Waals surface area contributed by atoms with Crippen molar-refractivity contribution in [1.29, 1.82) is 0 Å². The summed E-state index contributed by atoms with van der Waals surface area (Å²) in [6.45, 7) is 2.64. The normalized spacial score (nSPS) is 12.4. The molecule has 0 spiro atoms. The van der Waals surface area contributed by atoms with E-state index < -0.39 is 0 Å². The molecule has 0 saturated heterocycles. The molecule has 0 bridgehead atoms. The van der Waals surface area contributed by atoms with Crippen molar-refractivity contribution < 1.29 is 4.74 Å². The first-order chi connectivity index (χ1) is 8.29. The molecule has 0 aliphatic rings. The van der Waals surface area contributed by atoms with E-state index in [1.165, 1.54) is 4.88 Å². The van der Waals surface area contributed by atoms with Crippen LogP contribution in [0.15, 0.2) is 35.8 Å². The number of thiophene rings is 1. The number of nitrogens with two attached hydrogens (primary N) is 1. The Morgan fingerprint density at radius 1 is 1.41 bits per heavy atom. The molecule has 17 heavy (non-hydrogen) atoms. The van der Waals surface area contributed by atoms with Gasteiger partial charge in [-0.3, -0.25) is 4.98 Å². The number of ether oxygens (including phenoxy) is 1. The van der Waals surface area contributed by atoms with Gasteiger partial charge in [0.2, 0.25) is 0 Å². The van der Waals surface area contributed by atoms with Crippen LogP contribution >= 0.6 is 11.3 Å². The third kappa shape index (κ3) is 3.28. The summed E-state index contributed by atoms with van der Waals surface area (Å²) in [5.41, 5.74) is 6.81. The van der Waals surface area contributed by atoms with Crippen molar-refractivity contribution in [2.45, 2.75) is 26.0 Å². The van der Waals surface area contributed by atoms with Gasteiger partial charge in [-0.15, -0.1) is 11.3 Å². The smallest absolute Gasteiger partial charge is 0.138 e. The molecular formula is C13H16N2OS. The van der Waals surface area contributed by atoms with E-state index in [4.69, 9.17) is 10.5 Å². The van der Waals surface area contributed by atoms with Crippen LogP contribution in [0.1, 0.15) is 30.0 Å². The van der Waals surface area contributed by atoms with E-state index in [0.717, 1.165) is 17.9 Å². The SMILES string of the molecule is CC[C@@H](N)c1ccc(OCc2cccs2)cn1. The average Bonchev–Trinajstić information content (AvgIpc) is 2.89. The van der Waals surface area contributed by atoms with Crippen molar-refractivity contribution in [3.8, 4) is 5.75 Å². The van der Waals surface area contributed by atoms with Gasteiger partial charge in [-0.05, 0) is 30.0 Å². The molecule has 0 fully saturated rings. The maximum atomic E-state index is 5.89. The highest BCUT2D eigenvalue weighted by Gasteiger charge is 2.04. The van der Waals surface area contributed by atoms with Crippen molar-refractivity contribution in [2.24, 2.45) is 5.73 Å². The molecule has 2 N–H and O–H groups in total. The summed E-state index contributed by atoms with van der Waals surface area (Å²) >= 11 is 1.69. The minimum Gasteiger partial charge on any atom is -0.486 e. The summed E-state index contributed by atoms with van der Waals surface area (Å²) in [6.07, 6.45) is 2.63. The third-order valence-electron chi connectivity index (χ3n) is 2.54. The first-order valence-electron chi connectivity index (χ1n) is 5.66. The van der Waals surface area contributed by atoms with Gasteiger partial charge in [-0.2, -0.15) is 0 Å². The molecule has 0 aliphatic carbocycles. The number of nitrogens with zero attached hydrogens (tertiary/aromatic N) is 1. The van der Waals surface area contributed by atoms with Crippen LogP contribution in [0.2, 0.25) is 0 Å². The highest BCUT2D eigenvalue weighted by atomic mass is 32.1. The summed E-state index contributed by atoms with van der Waals surface area (Å²) in [5.74, 6) is 0.783. The van der Waals surface area contributed by atoms with Crippen molar-refractivity contribution in [3.05, 3.63) is 46.4 Å². The molecule has 2 aromatic heterocycles. The molecule has 3 nitrogen and oxygen atoms in total. The highest BCUT2D eigenvalue weighted by Crippen LogP contribution is 2.17. The lowest BCUT2D eigenvalue weighted by Gasteiger charge is -2.09. The highest BCUT2D eigenvalue weighted by molar-refractivity contribution is 7.09. The van der Waals surface area contributed by atoms with Crippen molar-refractivity contribution in [3.63, 3.8) is 0 Å². The number of aromatic nitrogens is 1. The van der Waals surface area contributed by atoms with Crippen LogP contribution in [0.25, 0.3) is 0 Å². The van der Waals surface area contributed by atoms with Gasteiger partial charge in [0.1, 0.15) is 12.4 Å². The average molecular weight is 248 g/mol. The summed E-state index contributed by atoms with van der Waals surface area (Å²) in [6, 6.07) is 7.94. The number of hydrogen-bond donors (Lipinski definition) is 1. The maximum absolute atomic E-state index is 5.89. The molecule has 0 unspecified atom stereocenters. The number of rotatable bonds is 5. The molecule has 0 aliphatic heterocycles. The summed E-state index contributed by atoms with van der Waals surface area (Å²) < 4.78 is 5.63. The van der Waals surface area contributed by atoms with Gasteiger partial charge in [0.15, 0.2) is 0 Å². The van der Waals surface area contributed by atoms with E-state index in [9.17, 15) is 0 Å². The molecule has 2 rings (SSSR count). The Bertz CT molecular complexity index is 439. The second kappa shape index (κ2) is 5.80. The topological polar surface area (TPSA) is 48.1 Å². The third-order valence-corrected chi connectivity index (χ3v) is 3.39. The standard InChI is InChI=1S/C13H16N2OS/c1-2-12(14)13-6-5-10(8-15-13)16-9-11-4-3-7-17-11/h3-8,12H,2,9,14H2,1H3/t12-/m1/s1. The summed E-state index contributed by atoms with van der Waals surface area (Å²) in [7, 11) is 0. The number of hydrogen-bond acceptors (Lipinski definition) is 4. The number of pyridine rings is 1. The fourth-order valence-corrected chi connectivity index (χ4v) is 2.07. The lowest BCUT2D eigenvalue weighted by Crippen LogP contribution is -2.10. The van der Waals surface area contributed by atoms with Crippen LogP contribution in [0.4, 0.5) is 0 Å². The largest absolute Gasteiger partial charge is 0.486 e. The van der Waals surface area contributed by atoms with Gasteiger partial charge < -0.3 is 10.5 Å². The first-order valence-corrected chi connectivity index (χ1v) is 6.54. The zero-order chi connectivity index (χ0) is 12.1. The van der Waals surface area contributed by atoms with Crippen molar-refractivity contribution in [1.82, 2.24) is 4.98 Å². The Morgan fingerprint density at radius 2 is 2.29 bits per heavy atom. The van der Waals surface area contributed by atoms with Gasteiger partial charge in [-0.1, -0.05) is 13.0 Å². The minimum atomic E-state index is 0.0151. The quantitative estimate of drug-likeness (QED) is 0.884. The summed E-state index contributed by atoms with van der Waals surface area (Å²) in [4.78, 5) is 5.51. The van der Waals surface area contributed by atoms with E-state index in [2.05, 4.69) is 11.1 Å². The van der Waals surface area contributed by atoms with Crippen LogP contribution in [0.3, 0.4) is 0 Å². The molecule has 0 aromatic carbocycles. The first kappa shape index (κ1) is 12.1. The molecule has 0 radical (unpaired) electrons. The Hall–Kier alpha value is -1.39. The molecule has 1 atom stereocenters. The molecule has 90 valence electrons. The molecule has 0 amide bonds. The van der Waals surface area contributed by atoms with Gasteiger partial charge in [-0.25, -0.2) is 0 Å². The van der Waals surface area contributed by atoms with E-state index in [-0.39, 0.29) is 6.04 Å². The van der Waals surface area contributed by atoms with Crippen LogP contribution in [0.5, 0.6) is 5.75 Å². The zero-order valence-electron chi connectivity index (χ0n) is 9.80. The Balaban J connectivity index is 1.94. The predicted octanol–water partition coefficient (Wildman–Crippen LogP) is 3.13. The predicted molar refractivity (Wildman–Crippen MR) is 70.1 cm³/mol. The minimum absolute atomic E-state index is 0.0151. The molecular weight excluding hydrogens is 232 g/mol. The Morgan fingerprint density at radius 3 is 2.88 bits per heavy atom. The van der Waals surface area contributed by atoms with Crippen LogP contribution < -0.4 is 10.5 Å². The van der Waals surface area contributed by atoms with Gasteiger partial charge >= 0.3 is 0 Å². The van der Waals surface area contributed by atoms with Crippen LogP contribution in [-0.4, -0.2) is 4.98 Å². The molecule has 2 heterocycles. The fraction of sp³-hybridized carbons (Fsp3) is 0.308. The monoisotopic (exact) mass is 248 g/mol. The van der Waals surface area contributed by atoms with E-state index >= 15 is 0 Å². The molecule has 0 saturated carbocycles. The molecule has 4 heteroatoms. The molecule has 2 aromatic rings. The lowest BCUT2D eigenvalue weighted by atomic mass is 10.1. The Labute approximate surface area is 105 Å². The fourth-order valence-electron chi connectivity index (χ4n) is 1.45. The van der Waals surface area contributed by atoms with Gasteiger partial charge in [0.25, 0.3) is 0 Å². The van der Waals surface area contributed by atoms with E-state index in [1.54, 1.807) is 17.5 Å². The maximum Gasteiger partial charge on any atom is 0.138 e. The van der Waals surface area contributed by atoms with E-state index in [1.807, 2.05) is 30.5 Å². The van der Waals surface area contributed by atoms with E-state index in [0.29, 0.717) is 6.61 Å².